The van der Waals surface area contributed by atoms with Crippen LogP contribution in [-0.4, -0.2) is 41.7 Å². The predicted octanol–water partition coefficient (Wildman–Crippen LogP) is 2.38. The molecule has 0 aromatic heterocycles. The minimum absolute atomic E-state index is 0.0888. The summed E-state index contributed by atoms with van der Waals surface area (Å²) in [6.45, 7) is 3.16. The molecule has 1 heterocycles. The minimum Gasteiger partial charge on any atom is -0.391 e. The topological polar surface area (TPSA) is 47.9 Å². The highest BCUT2D eigenvalue weighted by Crippen LogP contribution is 2.32. The van der Waals surface area contributed by atoms with E-state index in [1.165, 1.54) is 0 Å². The third kappa shape index (κ3) is 4.57. The van der Waals surface area contributed by atoms with Gasteiger partial charge in [0.15, 0.2) is 5.96 Å². The van der Waals surface area contributed by atoms with Crippen LogP contribution in [0.25, 0.3) is 0 Å². The van der Waals surface area contributed by atoms with Gasteiger partial charge in [-0.15, -0.1) is 0 Å². The number of nitrogens with one attached hydrogen (secondary N) is 1. The van der Waals surface area contributed by atoms with E-state index in [0.29, 0.717) is 38.1 Å². The second kappa shape index (κ2) is 7.16. The number of guanidine groups is 1. The van der Waals surface area contributed by atoms with Gasteiger partial charge in [-0.2, -0.15) is 13.2 Å². The molecule has 1 aliphatic heterocycles. The molecule has 1 saturated heterocycles. The lowest BCUT2D eigenvalue weighted by atomic mass is 10.1. The van der Waals surface area contributed by atoms with Crippen LogP contribution in [0.4, 0.5) is 17.6 Å². The van der Waals surface area contributed by atoms with Crippen LogP contribution < -0.4 is 5.32 Å². The van der Waals surface area contributed by atoms with Crippen LogP contribution >= 0.6 is 0 Å². The molecule has 128 valence electrons. The van der Waals surface area contributed by atoms with Crippen LogP contribution in [-0.2, 0) is 12.7 Å². The number of halogens is 4. The van der Waals surface area contributed by atoms with Crippen LogP contribution in [0.3, 0.4) is 0 Å². The van der Waals surface area contributed by atoms with E-state index >= 15 is 0 Å². The van der Waals surface area contributed by atoms with Crippen molar-refractivity contribution in [1.82, 2.24) is 10.2 Å². The van der Waals surface area contributed by atoms with Gasteiger partial charge >= 0.3 is 6.18 Å². The summed E-state index contributed by atoms with van der Waals surface area (Å²) < 4.78 is 52.0. The third-order valence-corrected chi connectivity index (χ3v) is 3.57. The Labute approximate surface area is 131 Å². The summed E-state index contributed by atoms with van der Waals surface area (Å²) in [6.07, 6.45) is -4.50. The van der Waals surface area contributed by atoms with Crippen LogP contribution in [0.5, 0.6) is 0 Å². The van der Waals surface area contributed by atoms with Crippen molar-refractivity contribution in [2.24, 2.45) is 4.99 Å². The molecule has 1 atom stereocenters. The Morgan fingerprint density at radius 3 is 2.74 bits per heavy atom. The van der Waals surface area contributed by atoms with E-state index in [1.807, 2.05) is 6.92 Å². The molecule has 4 nitrogen and oxygen atoms in total. The zero-order valence-corrected chi connectivity index (χ0v) is 12.7. The van der Waals surface area contributed by atoms with Crippen molar-refractivity contribution in [1.29, 1.82) is 0 Å². The van der Waals surface area contributed by atoms with E-state index < -0.39 is 23.7 Å². The maximum atomic E-state index is 13.1. The van der Waals surface area contributed by atoms with E-state index in [2.05, 4.69) is 10.3 Å². The fourth-order valence-electron chi connectivity index (χ4n) is 2.47. The lowest BCUT2D eigenvalue weighted by Gasteiger charge is -2.21. The Morgan fingerprint density at radius 1 is 1.43 bits per heavy atom. The van der Waals surface area contributed by atoms with Crippen molar-refractivity contribution in [2.45, 2.75) is 32.2 Å². The Kier molecular flexibility index (Phi) is 5.46. The van der Waals surface area contributed by atoms with E-state index in [4.69, 9.17) is 0 Å². The molecule has 1 fully saturated rings. The number of likely N-dealkylation sites (tertiary alicyclic amines) is 1. The van der Waals surface area contributed by atoms with Gasteiger partial charge in [0.25, 0.3) is 0 Å². The van der Waals surface area contributed by atoms with Crippen molar-refractivity contribution < 1.29 is 22.7 Å². The maximum Gasteiger partial charge on any atom is 0.416 e. The number of alkyl halides is 3. The van der Waals surface area contributed by atoms with E-state index in [0.717, 1.165) is 12.1 Å². The molecule has 0 spiro atoms. The van der Waals surface area contributed by atoms with E-state index in [1.54, 1.807) is 4.90 Å². The summed E-state index contributed by atoms with van der Waals surface area (Å²) in [4.78, 5) is 6.00. The second-order valence-electron chi connectivity index (χ2n) is 5.36. The first kappa shape index (κ1) is 17.5. The molecule has 8 heteroatoms. The first-order valence-electron chi connectivity index (χ1n) is 7.38. The number of hydrogen-bond acceptors (Lipinski definition) is 2. The fourth-order valence-corrected chi connectivity index (χ4v) is 2.47. The van der Waals surface area contributed by atoms with Gasteiger partial charge in [-0.3, -0.25) is 0 Å². The first-order valence-corrected chi connectivity index (χ1v) is 7.38. The number of β-amino-alcohol motifs (C(OH)–C–C–N with tert-alkyl or cyclic N) is 1. The normalized spacial score (nSPS) is 19.3. The average molecular weight is 333 g/mol. The summed E-state index contributed by atoms with van der Waals surface area (Å²) in [6, 6.07) is 2.58. The van der Waals surface area contributed by atoms with Crippen molar-refractivity contribution in [3.05, 3.63) is 35.1 Å². The van der Waals surface area contributed by atoms with Gasteiger partial charge in [0.1, 0.15) is 5.82 Å². The van der Waals surface area contributed by atoms with Crippen LogP contribution in [0, 0.1) is 5.82 Å². The average Bonchev–Trinajstić information content (AvgIpc) is 2.90. The molecule has 2 N–H and O–H groups in total. The summed E-state index contributed by atoms with van der Waals surface area (Å²) in [5.74, 6) is -0.485. The molecular weight excluding hydrogens is 314 g/mol. The number of benzene rings is 1. The van der Waals surface area contributed by atoms with Crippen molar-refractivity contribution in [2.75, 3.05) is 19.6 Å². The quantitative estimate of drug-likeness (QED) is 0.507. The van der Waals surface area contributed by atoms with Gasteiger partial charge < -0.3 is 15.3 Å². The highest BCUT2D eigenvalue weighted by Gasteiger charge is 2.33. The number of aliphatic hydroxyl groups is 1. The maximum absolute atomic E-state index is 13.1. The molecule has 0 radical (unpaired) electrons. The standard InChI is InChI=1S/C15H19F4N3O/c1-2-20-14(22-6-5-12(23)9-22)21-8-10-3-4-11(16)7-13(10)15(17,18)19/h3-4,7,12,23H,2,5-6,8-9H2,1H3,(H,20,21)/t12-/m1/s1. The zero-order chi connectivity index (χ0) is 17.0. The van der Waals surface area contributed by atoms with Gasteiger partial charge in [-0.25, -0.2) is 9.38 Å². The second-order valence-corrected chi connectivity index (χ2v) is 5.36. The van der Waals surface area contributed by atoms with Crippen molar-refractivity contribution >= 4 is 5.96 Å². The Hall–Kier alpha value is -1.83. The number of aliphatic hydroxyl groups excluding tert-OH is 1. The lowest BCUT2D eigenvalue weighted by Crippen LogP contribution is -2.40. The monoisotopic (exact) mass is 333 g/mol. The van der Waals surface area contributed by atoms with Gasteiger partial charge in [0, 0.05) is 19.6 Å². The Balaban J connectivity index is 2.22. The molecule has 2 rings (SSSR count). The first-order chi connectivity index (χ1) is 10.8. The number of nitrogens with zero attached hydrogens (tertiary/aromatic N) is 2. The fraction of sp³-hybridized carbons (Fsp3) is 0.533. The van der Waals surface area contributed by atoms with Crippen molar-refractivity contribution in [3.8, 4) is 0 Å². The van der Waals surface area contributed by atoms with Gasteiger partial charge in [0.2, 0.25) is 0 Å². The van der Waals surface area contributed by atoms with Crippen LogP contribution in [0.15, 0.2) is 23.2 Å². The number of rotatable bonds is 3. The molecule has 1 aromatic carbocycles. The molecule has 0 amide bonds. The summed E-state index contributed by atoms with van der Waals surface area (Å²) in [7, 11) is 0. The third-order valence-electron chi connectivity index (χ3n) is 3.57. The Bertz CT molecular complexity index is 574. The minimum atomic E-state index is -4.63. The lowest BCUT2D eigenvalue weighted by molar-refractivity contribution is -0.138. The highest BCUT2D eigenvalue weighted by atomic mass is 19.4. The largest absolute Gasteiger partial charge is 0.416 e. The number of hydrogen-bond donors (Lipinski definition) is 2. The molecule has 1 aliphatic rings. The SMILES string of the molecule is CCNC(=NCc1ccc(F)cc1C(F)(F)F)N1CC[C@@H](O)C1. The molecule has 23 heavy (non-hydrogen) atoms. The Morgan fingerprint density at radius 2 is 2.17 bits per heavy atom. The van der Waals surface area contributed by atoms with Crippen molar-refractivity contribution in [3.63, 3.8) is 0 Å². The van der Waals surface area contributed by atoms with E-state index in [9.17, 15) is 22.7 Å². The molecule has 0 unspecified atom stereocenters. The molecule has 1 aromatic rings. The highest BCUT2D eigenvalue weighted by molar-refractivity contribution is 5.80. The zero-order valence-electron chi connectivity index (χ0n) is 12.7. The predicted molar refractivity (Wildman–Crippen MR) is 78.4 cm³/mol. The van der Waals surface area contributed by atoms with Crippen LogP contribution in [0.1, 0.15) is 24.5 Å². The van der Waals surface area contributed by atoms with E-state index in [-0.39, 0.29) is 12.1 Å². The molecular formula is C15H19F4N3O. The summed E-state index contributed by atoms with van der Waals surface area (Å²) in [5, 5.41) is 12.6. The summed E-state index contributed by atoms with van der Waals surface area (Å²) in [5.41, 5.74) is -1.10. The van der Waals surface area contributed by atoms with Gasteiger partial charge in [0.05, 0.1) is 18.2 Å². The van der Waals surface area contributed by atoms with Gasteiger partial charge in [-0.05, 0) is 31.0 Å². The molecule has 0 bridgehead atoms. The molecule has 0 saturated carbocycles. The molecule has 0 aliphatic carbocycles. The number of aliphatic imine (C=N–C) groups is 1. The summed E-state index contributed by atoms with van der Waals surface area (Å²) >= 11 is 0. The smallest absolute Gasteiger partial charge is 0.391 e. The van der Waals surface area contributed by atoms with Crippen LogP contribution in [0.2, 0.25) is 0 Å². The van der Waals surface area contributed by atoms with Gasteiger partial charge in [-0.1, -0.05) is 6.07 Å².